The van der Waals surface area contributed by atoms with E-state index in [1.165, 1.54) is 24.3 Å². The molecule has 7 heteroatoms. The molecular formula is C14H20N2O3S2. The third-order valence-corrected chi connectivity index (χ3v) is 5.56. The molecule has 0 aliphatic rings. The number of benzene rings is 1. The zero-order chi connectivity index (χ0) is 15.6. The first-order valence-corrected chi connectivity index (χ1v) is 9.53. The molecule has 2 N–H and O–H groups in total. The summed E-state index contributed by atoms with van der Waals surface area (Å²) < 4.78 is 24.1. The molecule has 1 aromatic rings. The SMILES string of the molecule is N#Cc1ccc(S(=O)(=O)CCNCCSCCCO)cc1. The Bertz CT molecular complexity index is 551. The van der Waals surface area contributed by atoms with E-state index in [-0.39, 0.29) is 17.3 Å². The lowest BCUT2D eigenvalue weighted by atomic mass is 10.2. The van der Waals surface area contributed by atoms with Crippen molar-refractivity contribution in [3.8, 4) is 6.07 Å². The van der Waals surface area contributed by atoms with Gasteiger partial charge in [0.1, 0.15) is 0 Å². The number of aliphatic hydroxyl groups is 1. The maximum Gasteiger partial charge on any atom is 0.179 e. The first-order valence-electron chi connectivity index (χ1n) is 6.72. The van der Waals surface area contributed by atoms with E-state index in [4.69, 9.17) is 10.4 Å². The van der Waals surface area contributed by atoms with Crippen LogP contribution in [0.3, 0.4) is 0 Å². The van der Waals surface area contributed by atoms with E-state index < -0.39 is 9.84 Å². The van der Waals surface area contributed by atoms with Crippen LogP contribution in [0.4, 0.5) is 0 Å². The van der Waals surface area contributed by atoms with Crippen molar-refractivity contribution >= 4 is 21.6 Å². The highest BCUT2D eigenvalue weighted by molar-refractivity contribution is 7.99. The molecule has 0 bridgehead atoms. The first-order chi connectivity index (χ1) is 10.1. The van der Waals surface area contributed by atoms with Gasteiger partial charge in [0.25, 0.3) is 0 Å². The van der Waals surface area contributed by atoms with E-state index in [1.807, 2.05) is 6.07 Å². The van der Waals surface area contributed by atoms with E-state index in [0.29, 0.717) is 12.1 Å². The van der Waals surface area contributed by atoms with Crippen LogP contribution in [0.5, 0.6) is 0 Å². The Kier molecular flexibility index (Phi) is 8.38. The van der Waals surface area contributed by atoms with E-state index in [2.05, 4.69) is 5.32 Å². The van der Waals surface area contributed by atoms with Crippen molar-refractivity contribution in [2.45, 2.75) is 11.3 Å². The van der Waals surface area contributed by atoms with Gasteiger partial charge in [-0.25, -0.2) is 8.42 Å². The fourth-order valence-corrected chi connectivity index (χ4v) is 3.62. The smallest absolute Gasteiger partial charge is 0.179 e. The molecule has 0 unspecified atom stereocenters. The van der Waals surface area contributed by atoms with Crippen molar-refractivity contribution < 1.29 is 13.5 Å². The minimum absolute atomic E-state index is 0.0419. The summed E-state index contributed by atoms with van der Waals surface area (Å²) >= 11 is 1.73. The molecule has 0 aromatic heterocycles. The second-order valence-electron chi connectivity index (χ2n) is 4.39. The molecule has 0 amide bonds. The number of rotatable bonds is 10. The molecule has 0 fully saturated rings. The van der Waals surface area contributed by atoms with Gasteiger partial charge in [0, 0.05) is 25.4 Å². The minimum Gasteiger partial charge on any atom is -0.396 e. The molecule has 0 atom stereocenters. The number of aliphatic hydroxyl groups excluding tert-OH is 1. The maximum absolute atomic E-state index is 12.0. The lowest BCUT2D eigenvalue weighted by molar-refractivity contribution is 0.296. The molecule has 1 rings (SSSR count). The third kappa shape index (κ3) is 6.96. The van der Waals surface area contributed by atoms with Crippen molar-refractivity contribution in [1.29, 1.82) is 5.26 Å². The number of nitrogens with zero attached hydrogens (tertiary/aromatic N) is 1. The van der Waals surface area contributed by atoms with Gasteiger partial charge in [-0.1, -0.05) is 0 Å². The summed E-state index contributed by atoms with van der Waals surface area (Å²) in [4.78, 5) is 0.251. The summed E-state index contributed by atoms with van der Waals surface area (Å²) in [7, 11) is -3.30. The van der Waals surface area contributed by atoms with Crippen LogP contribution in [-0.4, -0.2) is 50.5 Å². The Hall–Kier alpha value is -1.07. The number of hydrogen-bond donors (Lipinski definition) is 2. The zero-order valence-electron chi connectivity index (χ0n) is 11.8. The van der Waals surface area contributed by atoms with E-state index in [1.54, 1.807) is 11.8 Å². The summed E-state index contributed by atoms with van der Waals surface area (Å²) in [6.07, 6.45) is 0.789. The Morgan fingerprint density at radius 1 is 1.19 bits per heavy atom. The number of sulfone groups is 1. The molecule has 0 spiro atoms. The van der Waals surface area contributed by atoms with Crippen molar-refractivity contribution in [1.82, 2.24) is 5.32 Å². The fourth-order valence-electron chi connectivity index (χ4n) is 1.60. The Balaban J connectivity index is 2.28. The molecule has 0 aliphatic heterocycles. The Labute approximate surface area is 130 Å². The lowest BCUT2D eigenvalue weighted by Gasteiger charge is -2.06. The summed E-state index contributed by atoms with van der Waals surface area (Å²) in [6.45, 7) is 1.37. The summed E-state index contributed by atoms with van der Waals surface area (Å²) in [5.74, 6) is 1.86. The normalized spacial score (nSPS) is 11.2. The largest absolute Gasteiger partial charge is 0.396 e. The Morgan fingerprint density at radius 3 is 2.52 bits per heavy atom. The highest BCUT2D eigenvalue weighted by Gasteiger charge is 2.13. The van der Waals surface area contributed by atoms with Gasteiger partial charge in [0.15, 0.2) is 9.84 Å². The maximum atomic E-state index is 12.0. The van der Waals surface area contributed by atoms with Crippen LogP contribution in [0.25, 0.3) is 0 Å². The van der Waals surface area contributed by atoms with Crippen LogP contribution in [-0.2, 0) is 9.84 Å². The molecule has 0 radical (unpaired) electrons. The van der Waals surface area contributed by atoms with Gasteiger partial charge < -0.3 is 10.4 Å². The summed E-state index contributed by atoms with van der Waals surface area (Å²) in [6, 6.07) is 7.93. The number of thioether (sulfide) groups is 1. The second kappa shape index (κ2) is 9.79. The van der Waals surface area contributed by atoms with Crippen LogP contribution in [0.1, 0.15) is 12.0 Å². The van der Waals surface area contributed by atoms with Crippen LogP contribution >= 0.6 is 11.8 Å². The topological polar surface area (TPSA) is 90.2 Å². The van der Waals surface area contributed by atoms with Crippen molar-refractivity contribution in [3.05, 3.63) is 29.8 Å². The molecule has 0 saturated carbocycles. The zero-order valence-corrected chi connectivity index (χ0v) is 13.4. The average molecular weight is 328 g/mol. The molecule has 5 nitrogen and oxygen atoms in total. The molecule has 0 saturated heterocycles. The van der Waals surface area contributed by atoms with E-state index >= 15 is 0 Å². The predicted octanol–water partition coefficient (Wildman–Crippen LogP) is 1.04. The number of hydrogen-bond acceptors (Lipinski definition) is 6. The number of nitriles is 1. The van der Waals surface area contributed by atoms with Gasteiger partial charge in [-0.05, 0) is 36.4 Å². The van der Waals surface area contributed by atoms with Gasteiger partial charge in [-0.3, -0.25) is 0 Å². The van der Waals surface area contributed by atoms with E-state index in [0.717, 1.165) is 24.5 Å². The van der Waals surface area contributed by atoms with Crippen molar-refractivity contribution in [3.63, 3.8) is 0 Å². The van der Waals surface area contributed by atoms with Crippen LogP contribution < -0.4 is 5.32 Å². The van der Waals surface area contributed by atoms with Crippen LogP contribution in [0, 0.1) is 11.3 Å². The molecule has 0 heterocycles. The third-order valence-electron chi connectivity index (χ3n) is 2.76. The van der Waals surface area contributed by atoms with E-state index in [9.17, 15) is 8.42 Å². The van der Waals surface area contributed by atoms with Gasteiger partial charge in [0.2, 0.25) is 0 Å². The average Bonchev–Trinajstić information content (AvgIpc) is 2.50. The molecule has 1 aromatic carbocycles. The minimum atomic E-state index is -3.30. The van der Waals surface area contributed by atoms with Gasteiger partial charge in [0.05, 0.1) is 22.3 Å². The monoisotopic (exact) mass is 328 g/mol. The van der Waals surface area contributed by atoms with Gasteiger partial charge >= 0.3 is 0 Å². The quantitative estimate of drug-likeness (QED) is 0.624. The fraction of sp³-hybridized carbons (Fsp3) is 0.500. The highest BCUT2D eigenvalue weighted by atomic mass is 32.2. The van der Waals surface area contributed by atoms with Crippen molar-refractivity contribution in [2.24, 2.45) is 0 Å². The first kappa shape index (κ1) is 18.0. The summed E-state index contributed by atoms with van der Waals surface area (Å²) in [5.41, 5.74) is 0.451. The number of nitrogens with one attached hydrogen (secondary N) is 1. The van der Waals surface area contributed by atoms with Gasteiger partial charge in [-0.15, -0.1) is 0 Å². The van der Waals surface area contributed by atoms with Crippen LogP contribution in [0.15, 0.2) is 29.2 Å². The van der Waals surface area contributed by atoms with Crippen LogP contribution in [0.2, 0.25) is 0 Å². The predicted molar refractivity (Wildman–Crippen MR) is 85.1 cm³/mol. The molecular weight excluding hydrogens is 308 g/mol. The molecule has 116 valence electrons. The van der Waals surface area contributed by atoms with Gasteiger partial charge in [-0.2, -0.15) is 17.0 Å². The lowest BCUT2D eigenvalue weighted by Crippen LogP contribution is -2.25. The Morgan fingerprint density at radius 2 is 1.90 bits per heavy atom. The molecule has 21 heavy (non-hydrogen) atoms. The molecule has 0 aliphatic carbocycles. The highest BCUT2D eigenvalue weighted by Crippen LogP contribution is 2.11. The van der Waals surface area contributed by atoms with Crippen molar-refractivity contribution in [2.75, 3.05) is 37.0 Å². The second-order valence-corrected chi connectivity index (χ2v) is 7.73. The summed E-state index contributed by atoms with van der Waals surface area (Å²) in [5, 5.41) is 20.4. The standard InChI is InChI=1S/C14H20N2O3S2/c15-12-13-2-4-14(5-3-13)21(18,19)11-7-16-6-10-20-9-1-8-17/h2-5,16-17H,1,6-11H2.